The summed E-state index contributed by atoms with van der Waals surface area (Å²) in [6.07, 6.45) is 2.16. The fourth-order valence-electron chi connectivity index (χ4n) is 2.15. The molecular formula is C11H18BrN3O. The van der Waals surface area contributed by atoms with E-state index in [4.69, 9.17) is 4.74 Å². The zero-order chi connectivity index (χ0) is 11.5. The van der Waals surface area contributed by atoms with E-state index >= 15 is 0 Å². The molecular weight excluding hydrogens is 270 g/mol. The van der Waals surface area contributed by atoms with Crippen LogP contribution in [0, 0.1) is 0 Å². The van der Waals surface area contributed by atoms with Crippen molar-refractivity contribution in [1.29, 1.82) is 0 Å². The Hall–Kier alpha value is -0.390. The molecule has 1 saturated heterocycles. The van der Waals surface area contributed by atoms with E-state index in [2.05, 4.69) is 26.3 Å². The van der Waals surface area contributed by atoms with Crippen molar-refractivity contribution in [1.82, 2.24) is 15.1 Å². The zero-order valence-electron chi connectivity index (χ0n) is 9.79. The lowest BCUT2D eigenvalue weighted by Crippen LogP contribution is -2.15. The van der Waals surface area contributed by atoms with E-state index in [1.807, 2.05) is 18.8 Å². The minimum absolute atomic E-state index is 0.542. The van der Waals surface area contributed by atoms with Gasteiger partial charge in [-0.25, -0.2) is 0 Å². The Morgan fingerprint density at radius 1 is 1.50 bits per heavy atom. The van der Waals surface area contributed by atoms with Gasteiger partial charge in [0.2, 0.25) is 0 Å². The molecule has 1 aliphatic rings. The third-order valence-electron chi connectivity index (χ3n) is 3.08. The van der Waals surface area contributed by atoms with Crippen LogP contribution in [0.1, 0.15) is 30.1 Å². The molecule has 5 heteroatoms. The summed E-state index contributed by atoms with van der Waals surface area (Å²) in [5, 5.41) is 7.79. The van der Waals surface area contributed by atoms with Gasteiger partial charge in [-0.3, -0.25) is 4.68 Å². The van der Waals surface area contributed by atoms with Crippen LogP contribution in [0.5, 0.6) is 0 Å². The number of aryl methyl sites for hydroxylation is 1. The molecule has 0 spiro atoms. The van der Waals surface area contributed by atoms with E-state index in [-0.39, 0.29) is 0 Å². The Morgan fingerprint density at radius 3 is 2.81 bits per heavy atom. The van der Waals surface area contributed by atoms with Gasteiger partial charge in [0, 0.05) is 32.7 Å². The predicted molar refractivity (Wildman–Crippen MR) is 66.5 cm³/mol. The van der Waals surface area contributed by atoms with Crippen molar-refractivity contribution in [2.45, 2.75) is 25.3 Å². The van der Waals surface area contributed by atoms with E-state index in [0.29, 0.717) is 5.92 Å². The van der Waals surface area contributed by atoms with Gasteiger partial charge in [0.15, 0.2) is 0 Å². The number of hydrogen-bond donors (Lipinski definition) is 1. The summed E-state index contributed by atoms with van der Waals surface area (Å²) in [7, 11) is 3.95. The lowest BCUT2D eigenvalue weighted by Gasteiger charge is -2.20. The summed E-state index contributed by atoms with van der Waals surface area (Å²) in [6.45, 7) is 2.55. The summed E-state index contributed by atoms with van der Waals surface area (Å²) in [4.78, 5) is 0. The zero-order valence-corrected chi connectivity index (χ0v) is 11.4. The molecule has 0 aromatic carbocycles. The molecule has 0 radical (unpaired) electrons. The molecule has 1 fully saturated rings. The minimum Gasteiger partial charge on any atom is -0.381 e. The molecule has 0 unspecified atom stereocenters. The standard InChI is InChI=1S/C11H18BrN3O/c1-13-7-9-10(12)11(14-15(9)2)8-3-5-16-6-4-8/h8,13H,3-7H2,1-2H3. The van der Waals surface area contributed by atoms with Crippen molar-refractivity contribution in [2.75, 3.05) is 20.3 Å². The molecule has 0 amide bonds. The highest BCUT2D eigenvalue weighted by atomic mass is 79.9. The summed E-state index contributed by atoms with van der Waals surface area (Å²) >= 11 is 3.67. The maximum absolute atomic E-state index is 5.38. The Labute approximate surface area is 104 Å². The van der Waals surface area contributed by atoms with Crippen molar-refractivity contribution in [3.05, 3.63) is 15.9 Å². The second kappa shape index (κ2) is 5.29. The van der Waals surface area contributed by atoms with Crippen molar-refractivity contribution < 1.29 is 4.74 Å². The van der Waals surface area contributed by atoms with Gasteiger partial charge >= 0.3 is 0 Å². The predicted octanol–water partition coefficient (Wildman–Crippen LogP) is 1.80. The van der Waals surface area contributed by atoms with Crippen LogP contribution < -0.4 is 5.32 Å². The van der Waals surface area contributed by atoms with Gasteiger partial charge < -0.3 is 10.1 Å². The third-order valence-corrected chi connectivity index (χ3v) is 3.94. The average Bonchev–Trinajstić information content (AvgIpc) is 2.59. The molecule has 0 saturated carbocycles. The van der Waals surface area contributed by atoms with Crippen molar-refractivity contribution >= 4 is 15.9 Å². The van der Waals surface area contributed by atoms with Gasteiger partial charge in [-0.15, -0.1) is 0 Å². The highest BCUT2D eigenvalue weighted by Gasteiger charge is 2.23. The Morgan fingerprint density at radius 2 is 2.19 bits per heavy atom. The van der Waals surface area contributed by atoms with Crippen LogP contribution in [0.15, 0.2) is 4.47 Å². The first kappa shape index (κ1) is 12.1. The molecule has 1 aromatic rings. The summed E-state index contributed by atoms with van der Waals surface area (Å²) in [5.74, 6) is 0.542. The smallest absolute Gasteiger partial charge is 0.0802 e. The Kier molecular flexibility index (Phi) is 4.00. The first-order valence-electron chi connectivity index (χ1n) is 5.67. The van der Waals surface area contributed by atoms with Gasteiger partial charge in [-0.1, -0.05) is 0 Å². The maximum Gasteiger partial charge on any atom is 0.0802 e. The van der Waals surface area contributed by atoms with E-state index in [1.165, 1.54) is 11.4 Å². The number of rotatable bonds is 3. The molecule has 2 heterocycles. The SMILES string of the molecule is CNCc1c(Br)c(C2CCOCC2)nn1C. The average molecular weight is 288 g/mol. The minimum atomic E-state index is 0.542. The fraction of sp³-hybridized carbons (Fsp3) is 0.727. The molecule has 90 valence electrons. The number of ether oxygens (including phenoxy) is 1. The number of nitrogens with one attached hydrogen (secondary N) is 1. The van der Waals surface area contributed by atoms with Crippen LogP contribution in [0.2, 0.25) is 0 Å². The van der Waals surface area contributed by atoms with Gasteiger partial charge in [0.25, 0.3) is 0 Å². The number of hydrogen-bond acceptors (Lipinski definition) is 3. The summed E-state index contributed by atoms with van der Waals surface area (Å²) in [6, 6.07) is 0. The molecule has 1 aromatic heterocycles. The van der Waals surface area contributed by atoms with Crippen LogP contribution >= 0.6 is 15.9 Å². The molecule has 1 N–H and O–H groups in total. The first-order chi connectivity index (χ1) is 7.74. The van der Waals surface area contributed by atoms with Crippen LogP contribution in [0.4, 0.5) is 0 Å². The van der Waals surface area contributed by atoms with E-state index in [1.54, 1.807) is 0 Å². The molecule has 0 atom stereocenters. The fourth-order valence-corrected chi connectivity index (χ4v) is 2.95. The Balaban J connectivity index is 2.23. The molecule has 4 nitrogen and oxygen atoms in total. The monoisotopic (exact) mass is 287 g/mol. The quantitative estimate of drug-likeness (QED) is 0.921. The van der Waals surface area contributed by atoms with Crippen LogP contribution in [-0.2, 0) is 18.3 Å². The van der Waals surface area contributed by atoms with Crippen LogP contribution in [0.3, 0.4) is 0 Å². The number of halogens is 1. The summed E-state index contributed by atoms with van der Waals surface area (Å²) < 4.78 is 8.51. The maximum atomic E-state index is 5.38. The van der Waals surface area contributed by atoms with Crippen molar-refractivity contribution in [2.24, 2.45) is 7.05 Å². The number of nitrogens with zero attached hydrogens (tertiary/aromatic N) is 2. The lowest BCUT2D eigenvalue weighted by molar-refractivity contribution is 0.0842. The van der Waals surface area contributed by atoms with Crippen LogP contribution in [-0.4, -0.2) is 30.0 Å². The van der Waals surface area contributed by atoms with Gasteiger partial charge in [0.1, 0.15) is 0 Å². The second-order valence-corrected chi connectivity index (χ2v) is 4.98. The number of aromatic nitrogens is 2. The highest BCUT2D eigenvalue weighted by molar-refractivity contribution is 9.10. The molecule has 0 bridgehead atoms. The third kappa shape index (κ3) is 2.31. The van der Waals surface area contributed by atoms with Crippen molar-refractivity contribution in [3.63, 3.8) is 0 Å². The van der Waals surface area contributed by atoms with E-state index in [0.717, 1.165) is 37.1 Å². The normalized spacial score (nSPS) is 17.9. The summed E-state index contributed by atoms with van der Waals surface area (Å²) in [5.41, 5.74) is 2.40. The van der Waals surface area contributed by atoms with Gasteiger partial charge in [0.05, 0.1) is 15.9 Å². The molecule has 2 rings (SSSR count). The first-order valence-corrected chi connectivity index (χ1v) is 6.47. The van der Waals surface area contributed by atoms with E-state index in [9.17, 15) is 0 Å². The van der Waals surface area contributed by atoms with Crippen LogP contribution in [0.25, 0.3) is 0 Å². The molecule has 16 heavy (non-hydrogen) atoms. The van der Waals surface area contributed by atoms with Crippen molar-refractivity contribution in [3.8, 4) is 0 Å². The van der Waals surface area contributed by atoms with Gasteiger partial charge in [-0.2, -0.15) is 5.10 Å². The molecule has 1 aliphatic heterocycles. The van der Waals surface area contributed by atoms with E-state index < -0.39 is 0 Å². The lowest BCUT2D eigenvalue weighted by atomic mass is 9.96. The second-order valence-electron chi connectivity index (χ2n) is 4.19. The van der Waals surface area contributed by atoms with Gasteiger partial charge in [-0.05, 0) is 35.8 Å². The largest absolute Gasteiger partial charge is 0.381 e. The topological polar surface area (TPSA) is 39.1 Å². The highest BCUT2D eigenvalue weighted by Crippen LogP contribution is 2.33. The molecule has 0 aliphatic carbocycles. The Bertz CT molecular complexity index is 358.